The van der Waals surface area contributed by atoms with Crippen LogP contribution in [-0.2, 0) is 0 Å². The Morgan fingerprint density at radius 1 is 1.06 bits per heavy atom. The second-order valence-electron chi connectivity index (χ2n) is 6.51. The van der Waals surface area contributed by atoms with Crippen molar-refractivity contribution in [2.24, 2.45) is 5.92 Å². The van der Waals surface area contributed by atoms with Crippen LogP contribution in [0.3, 0.4) is 0 Å². The Bertz CT molecular complexity index is 432. The van der Waals surface area contributed by atoms with Crippen LogP contribution in [0.4, 0.5) is 0 Å². The first-order valence-corrected chi connectivity index (χ1v) is 7.28. The average molecular weight is 243 g/mol. The van der Waals surface area contributed by atoms with E-state index in [1.165, 1.54) is 24.8 Å². The largest absolute Gasteiger partial charge is 0.389 e. The number of nitrogens with one attached hydrogen (secondary N) is 1. The van der Waals surface area contributed by atoms with Crippen LogP contribution in [0, 0.1) is 5.92 Å². The number of benzene rings is 1. The summed E-state index contributed by atoms with van der Waals surface area (Å²) >= 11 is 0. The standard InChI is InChI=1S/C16H21NO/c18-16(9-12-6-7-13(10-16)17-12)15-8-14(15)11-4-2-1-3-5-11/h1-5,12-15,17-18H,6-10H2. The van der Waals surface area contributed by atoms with Crippen LogP contribution >= 0.6 is 0 Å². The lowest BCUT2D eigenvalue weighted by Gasteiger charge is -2.38. The summed E-state index contributed by atoms with van der Waals surface area (Å²) in [7, 11) is 0. The van der Waals surface area contributed by atoms with Gasteiger partial charge in [0.1, 0.15) is 0 Å². The van der Waals surface area contributed by atoms with Gasteiger partial charge in [0.25, 0.3) is 0 Å². The number of aliphatic hydroxyl groups is 1. The van der Waals surface area contributed by atoms with Crippen LogP contribution in [0.2, 0.25) is 0 Å². The van der Waals surface area contributed by atoms with Crippen molar-refractivity contribution in [1.29, 1.82) is 0 Å². The van der Waals surface area contributed by atoms with Gasteiger partial charge in [0, 0.05) is 12.1 Å². The quantitative estimate of drug-likeness (QED) is 0.836. The van der Waals surface area contributed by atoms with Gasteiger partial charge in [-0.15, -0.1) is 0 Å². The SMILES string of the molecule is OC1(C2CC2c2ccccc2)CC2CCC(C1)N2. The van der Waals surface area contributed by atoms with Crippen LogP contribution in [0.15, 0.2) is 30.3 Å². The third-order valence-corrected chi connectivity index (χ3v) is 5.24. The summed E-state index contributed by atoms with van der Waals surface area (Å²) in [6.45, 7) is 0. The number of hydrogen-bond acceptors (Lipinski definition) is 2. The summed E-state index contributed by atoms with van der Waals surface area (Å²) in [6, 6.07) is 11.9. The van der Waals surface area contributed by atoms with Crippen molar-refractivity contribution >= 4 is 0 Å². The molecule has 2 heteroatoms. The normalized spacial score (nSPS) is 46.1. The predicted octanol–water partition coefficient (Wildman–Crippen LogP) is 2.44. The van der Waals surface area contributed by atoms with E-state index in [1.807, 2.05) is 0 Å². The molecule has 2 heterocycles. The van der Waals surface area contributed by atoms with Gasteiger partial charge < -0.3 is 10.4 Å². The maximum Gasteiger partial charge on any atom is 0.0711 e. The summed E-state index contributed by atoms with van der Waals surface area (Å²) in [5.74, 6) is 1.11. The molecule has 2 saturated heterocycles. The van der Waals surface area contributed by atoms with Crippen molar-refractivity contribution in [3.05, 3.63) is 35.9 Å². The summed E-state index contributed by atoms with van der Waals surface area (Å²) < 4.78 is 0. The molecule has 2 N–H and O–H groups in total. The fraction of sp³-hybridized carbons (Fsp3) is 0.625. The van der Waals surface area contributed by atoms with E-state index in [0.717, 1.165) is 12.8 Å². The third kappa shape index (κ3) is 1.70. The van der Waals surface area contributed by atoms with Gasteiger partial charge in [0.05, 0.1) is 5.60 Å². The fourth-order valence-corrected chi connectivity index (χ4v) is 4.32. The molecule has 2 bridgehead atoms. The molecule has 4 unspecified atom stereocenters. The zero-order chi connectivity index (χ0) is 12.2. The van der Waals surface area contributed by atoms with Crippen LogP contribution in [-0.4, -0.2) is 22.8 Å². The van der Waals surface area contributed by atoms with Gasteiger partial charge in [0.15, 0.2) is 0 Å². The Morgan fingerprint density at radius 2 is 1.72 bits per heavy atom. The first-order valence-electron chi connectivity index (χ1n) is 7.28. The summed E-state index contributed by atoms with van der Waals surface area (Å²) in [4.78, 5) is 0. The Kier molecular flexibility index (Phi) is 2.33. The predicted molar refractivity (Wildman–Crippen MR) is 71.4 cm³/mol. The minimum absolute atomic E-state index is 0.391. The molecular weight excluding hydrogens is 222 g/mol. The van der Waals surface area contributed by atoms with Crippen LogP contribution < -0.4 is 5.32 Å². The molecule has 3 fully saturated rings. The zero-order valence-electron chi connectivity index (χ0n) is 10.7. The minimum Gasteiger partial charge on any atom is -0.389 e. The van der Waals surface area contributed by atoms with E-state index in [0.29, 0.717) is 23.9 Å². The lowest BCUT2D eigenvalue weighted by molar-refractivity contribution is -0.0281. The van der Waals surface area contributed by atoms with Crippen molar-refractivity contribution in [2.75, 3.05) is 0 Å². The molecule has 96 valence electrons. The Labute approximate surface area is 108 Å². The number of piperidine rings is 1. The van der Waals surface area contributed by atoms with Gasteiger partial charge >= 0.3 is 0 Å². The minimum atomic E-state index is -0.391. The van der Waals surface area contributed by atoms with Gasteiger partial charge in [-0.3, -0.25) is 0 Å². The van der Waals surface area contributed by atoms with Crippen molar-refractivity contribution in [3.63, 3.8) is 0 Å². The summed E-state index contributed by atoms with van der Waals surface area (Å²) in [5.41, 5.74) is 1.03. The molecule has 3 aliphatic rings. The molecule has 0 aromatic heterocycles. The van der Waals surface area contributed by atoms with Gasteiger partial charge in [-0.2, -0.15) is 0 Å². The molecule has 4 rings (SSSR count). The molecule has 18 heavy (non-hydrogen) atoms. The van der Waals surface area contributed by atoms with Crippen molar-refractivity contribution in [1.82, 2.24) is 5.32 Å². The highest BCUT2D eigenvalue weighted by Gasteiger charge is 2.56. The van der Waals surface area contributed by atoms with Gasteiger partial charge in [-0.25, -0.2) is 0 Å². The monoisotopic (exact) mass is 243 g/mol. The van der Waals surface area contributed by atoms with Gasteiger partial charge in [-0.1, -0.05) is 30.3 Å². The molecular formula is C16H21NO. The third-order valence-electron chi connectivity index (χ3n) is 5.24. The topological polar surface area (TPSA) is 32.3 Å². The highest BCUT2D eigenvalue weighted by Crippen LogP contribution is 2.57. The first kappa shape index (κ1) is 11.0. The second-order valence-corrected chi connectivity index (χ2v) is 6.51. The average Bonchev–Trinajstić information content (AvgIpc) is 3.12. The van der Waals surface area contributed by atoms with Crippen LogP contribution in [0.5, 0.6) is 0 Å². The van der Waals surface area contributed by atoms with E-state index in [2.05, 4.69) is 35.6 Å². The van der Waals surface area contributed by atoms with E-state index in [9.17, 15) is 5.11 Å². The Balaban J connectivity index is 1.52. The molecule has 2 aliphatic heterocycles. The molecule has 1 aliphatic carbocycles. The smallest absolute Gasteiger partial charge is 0.0711 e. The molecule has 1 saturated carbocycles. The highest BCUT2D eigenvalue weighted by molar-refractivity contribution is 5.28. The van der Waals surface area contributed by atoms with Gasteiger partial charge in [0.2, 0.25) is 0 Å². The summed E-state index contributed by atoms with van der Waals surface area (Å²) in [5, 5.41) is 14.6. The maximum absolute atomic E-state index is 11.0. The van der Waals surface area contributed by atoms with E-state index in [1.54, 1.807) is 0 Å². The lowest BCUT2D eigenvalue weighted by Crippen LogP contribution is -2.49. The van der Waals surface area contributed by atoms with E-state index in [-0.39, 0.29) is 0 Å². The summed E-state index contributed by atoms with van der Waals surface area (Å²) in [6.07, 6.45) is 5.64. The number of hydrogen-bond donors (Lipinski definition) is 2. The highest BCUT2D eigenvalue weighted by atomic mass is 16.3. The zero-order valence-corrected chi connectivity index (χ0v) is 10.7. The molecule has 2 nitrogen and oxygen atoms in total. The van der Waals surface area contributed by atoms with Crippen LogP contribution in [0.25, 0.3) is 0 Å². The Morgan fingerprint density at radius 3 is 2.39 bits per heavy atom. The van der Waals surface area contributed by atoms with Crippen molar-refractivity contribution in [3.8, 4) is 0 Å². The maximum atomic E-state index is 11.0. The van der Waals surface area contributed by atoms with Crippen molar-refractivity contribution < 1.29 is 5.11 Å². The molecule has 4 atom stereocenters. The first-order chi connectivity index (χ1) is 8.74. The molecule has 0 amide bonds. The van der Waals surface area contributed by atoms with E-state index >= 15 is 0 Å². The van der Waals surface area contributed by atoms with E-state index < -0.39 is 5.60 Å². The fourth-order valence-electron chi connectivity index (χ4n) is 4.32. The number of rotatable bonds is 2. The molecule has 1 aromatic rings. The number of fused-ring (bicyclic) bond motifs is 2. The van der Waals surface area contributed by atoms with Gasteiger partial charge in [-0.05, 0) is 49.5 Å². The molecule has 1 aromatic carbocycles. The Hall–Kier alpha value is -0.860. The van der Waals surface area contributed by atoms with Crippen molar-refractivity contribution in [2.45, 2.75) is 55.7 Å². The van der Waals surface area contributed by atoms with Crippen LogP contribution in [0.1, 0.15) is 43.6 Å². The lowest BCUT2D eigenvalue weighted by atomic mass is 9.82. The molecule has 0 spiro atoms. The molecule has 0 radical (unpaired) electrons. The second kappa shape index (κ2) is 3.82. The van der Waals surface area contributed by atoms with E-state index in [4.69, 9.17) is 0 Å².